The van der Waals surface area contributed by atoms with E-state index in [9.17, 15) is 14.4 Å². The van der Waals surface area contributed by atoms with Gasteiger partial charge in [-0.25, -0.2) is 9.98 Å². The number of amides is 3. The van der Waals surface area contributed by atoms with Crippen LogP contribution in [-0.4, -0.2) is 71.9 Å². The number of thiazole rings is 1. The Bertz CT molecular complexity index is 1220. The number of carbonyl (C=O) groups excluding carboxylic acids is 3. The van der Waals surface area contributed by atoms with E-state index in [-0.39, 0.29) is 23.6 Å². The van der Waals surface area contributed by atoms with Gasteiger partial charge < -0.3 is 20.4 Å². The van der Waals surface area contributed by atoms with Crippen molar-refractivity contribution in [1.82, 2.24) is 20.1 Å². The second kappa shape index (κ2) is 10.7. The number of thioether (sulfide) groups is 1. The summed E-state index contributed by atoms with van der Waals surface area (Å²) in [6.45, 7) is 3.32. The summed E-state index contributed by atoms with van der Waals surface area (Å²) in [4.78, 5) is 50.9. The van der Waals surface area contributed by atoms with Gasteiger partial charge in [-0.1, -0.05) is 11.3 Å². The third-order valence-electron chi connectivity index (χ3n) is 5.52. The molecule has 1 aliphatic carbocycles. The number of carbonyl (C=O) groups is 3. The van der Waals surface area contributed by atoms with Crippen LogP contribution < -0.4 is 10.6 Å². The number of nitrogens with zero attached hydrogens (tertiary/aromatic N) is 4. The van der Waals surface area contributed by atoms with Crippen molar-refractivity contribution >= 4 is 62.9 Å². The minimum Gasteiger partial charge on any atom is -0.340 e. The molecule has 1 aliphatic heterocycles. The zero-order valence-electron chi connectivity index (χ0n) is 20.1. The average Bonchev–Trinajstić information content (AvgIpc) is 3.50. The topological polar surface area (TPSA) is 107 Å². The van der Waals surface area contributed by atoms with Crippen LogP contribution in [0.25, 0.3) is 6.08 Å². The van der Waals surface area contributed by atoms with E-state index < -0.39 is 0 Å². The Morgan fingerprint density at radius 3 is 2.71 bits per heavy atom. The molecule has 1 aromatic heterocycles. The van der Waals surface area contributed by atoms with Crippen LogP contribution in [0.3, 0.4) is 0 Å². The van der Waals surface area contributed by atoms with Crippen LogP contribution in [0.4, 0.5) is 10.8 Å². The van der Waals surface area contributed by atoms with Gasteiger partial charge in [0.05, 0.1) is 15.5 Å². The highest BCUT2D eigenvalue weighted by molar-refractivity contribution is 8.18. The Morgan fingerprint density at radius 1 is 1.26 bits per heavy atom. The summed E-state index contributed by atoms with van der Waals surface area (Å²) >= 11 is 2.57. The van der Waals surface area contributed by atoms with Crippen molar-refractivity contribution in [3.63, 3.8) is 0 Å². The highest BCUT2D eigenvalue weighted by atomic mass is 32.2. The van der Waals surface area contributed by atoms with Crippen LogP contribution in [0.15, 0.2) is 34.3 Å². The predicted octanol–water partition coefficient (Wildman–Crippen LogP) is 3.33. The molecule has 9 nitrogen and oxygen atoms in total. The van der Waals surface area contributed by atoms with Crippen molar-refractivity contribution in [3.8, 4) is 0 Å². The number of hydrogen-bond donors (Lipinski definition) is 2. The lowest BCUT2D eigenvalue weighted by atomic mass is 10.1. The minimum absolute atomic E-state index is 0.00394. The van der Waals surface area contributed by atoms with Gasteiger partial charge in [-0.05, 0) is 75.5 Å². The number of amidine groups is 1. The quantitative estimate of drug-likeness (QED) is 0.526. The first-order valence-electron chi connectivity index (χ1n) is 11.3. The van der Waals surface area contributed by atoms with Crippen molar-refractivity contribution in [2.24, 2.45) is 10.9 Å². The molecule has 0 bridgehead atoms. The standard InChI is InChI=1S/C24H28N6O3S2/c1-14-11-16(22(33)30(4)10-9-29(2)3)7-8-18(14)26-24-28-21(32)19(35-24)12-17-13-25-23(34-17)27-20(31)15-5-6-15/h7-8,11-13,15H,5-6,9-10H2,1-4H3,(H,25,27,31)(H,26,28,32). The fraction of sp³-hybridized carbons (Fsp3) is 0.375. The average molecular weight is 513 g/mol. The number of nitrogens with one attached hydrogen (secondary N) is 2. The first-order chi connectivity index (χ1) is 16.7. The normalized spacial score (nSPS) is 17.8. The molecule has 0 spiro atoms. The molecule has 2 N–H and O–H groups in total. The molecule has 2 heterocycles. The summed E-state index contributed by atoms with van der Waals surface area (Å²) in [5.74, 6) is -0.169. The third kappa shape index (κ3) is 6.56. The van der Waals surface area contributed by atoms with Crippen molar-refractivity contribution in [1.29, 1.82) is 0 Å². The molecular formula is C24H28N6O3S2. The van der Waals surface area contributed by atoms with Crippen LogP contribution >= 0.6 is 23.1 Å². The van der Waals surface area contributed by atoms with Crippen LogP contribution in [0, 0.1) is 12.8 Å². The van der Waals surface area contributed by atoms with E-state index in [1.807, 2.05) is 32.0 Å². The summed E-state index contributed by atoms with van der Waals surface area (Å²) in [6.07, 6.45) is 5.24. The fourth-order valence-electron chi connectivity index (χ4n) is 3.27. The molecule has 1 saturated carbocycles. The minimum atomic E-state index is -0.238. The first-order valence-corrected chi connectivity index (χ1v) is 12.9. The van der Waals surface area contributed by atoms with Crippen molar-refractivity contribution in [2.75, 3.05) is 39.5 Å². The van der Waals surface area contributed by atoms with Gasteiger partial charge >= 0.3 is 0 Å². The number of aromatic nitrogens is 1. The van der Waals surface area contributed by atoms with E-state index in [1.54, 1.807) is 36.4 Å². The zero-order valence-corrected chi connectivity index (χ0v) is 21.8. The molecule has 35 heavy (non-hydrogen) atoms. The number of aryl methyl sites for hydroxylation is 1. The predicted molar refractivity (Wildman–Crippen MR) is 141 cm³/mol. The lowest BCUT2D eigenvalue weighted by Crippen LogP contribution is -2.33. The smallest absolute Gasteiger partial charge is 0.264 e. The first kappa shape index (κ1) is 25.1. The van der Waals surface area contributed by atoms with Gasteiger partial charge in [-0.15, -0.1) is 0 Å². The van der Waals surface area contributed by atoms with Gasteiger partial charge in [0.2, 0.25) is 5.91 Å². The molecule has 1 aromatic carbocycles. The number of anilines is 1. The number of benzene rings is 1. The summed E-state index contributed by atoms with van der Waals surface area (Å²) in [7, 11) is 5.74. The second-order valence-corrected chi connectivity index (χ2v) is 10.9. The van der Waals surface area contributed by atoms with Crippen LogP contribution in [0.5, 0.6) is 0 Å². The van der Waals surface area contributed by atoms with Crippen LogP contribution in [-0.2, 0) is 9.59 Å². The molecule has 2 aromatic rings. The van der Waals surface area contributed by atoms with Gasteiger partial charge in [0.15, 0.2) is 10.3 Å². The number of aliphatic imine (C=N–C) groups is 1. The maximum Gasteiger partial charge on any atom is 0.264 e. The summed E-state index contributed by atoms with van der Waals surface area (Å²) in [5.41, 5.74) is 2.13. The molecule has 1 saturated heterocycles. The Balaban J connectivity index is 1.41. The Labute approximate surface area is 212 Å². The summed E-state index contributed by atoms with van der Waals surface area (Å²) < 4.78 is 0. The number of rotatable bonds is 8. The lowest BCUT2D eigenvalue weighted by Gasteiger charge is -2.20. The molecule has 0 atom stereocenters. The molecule has 2 fully saturated rings. The maximum atomic E-state index is 12.7. The van der Waals surface area contributed by atoms with Crippen molar-refractivity contribution in [3.05, 3.63) is 45.3 Å². The van der Waals surface area contributed by atoms with E-state index in [0.29, 0.717) is 33.0 Å². The highest BCUT2D eigenvalue weighted by Crippen LogP contribution is 2.33. The van der Waals surface area contributed by atoms with Gasteiger partial charge in [0, 0.05) is 37.8 Å². The monoisotopic (exact) mass is 512 g/mol. The highest BCUT2D eigenvalue weighted by Gasteiger charge is 2.30. The summed E-state index contributed by atoms with van der Waals surface area (Å²) in [6, 6.07) is 5.37. The van der Waals surface area contributed by atoms with E-state index >= 15 is 0 Å². The molecule has 0 unspecified atom stereocenters. The van der Waals surface area contributed by atoms with Gasteiger partial charge in [0.1, 0.15) is 0 Å². The molecule has 184 valence electrons. The van der Waals surface area contributed by atoms with Gasteiger partial charge in [0.25, 0.3) is 11.8 Å². The largest absolute Gasteiger partial charge is 0.340 e. The maximum absolute atomic E-state index is 12.7. The van der Waals surface area contributed by atoms with E-state index in [1.165, 1.54) is 23.1 Å². The van der Waals surface area contributed by atoms with Crippen molar-refractivity contribution < 1.29 is 14.4 Å². The molecule has 3 amide bonds. The van der Waals surface area contributed by atoms with E-state index in [0.717, 1.165) is 29.8 Å². The Kier molecular flexibility index (Phi) is 7.68. The molecule has 0 radical (unpaired) electrons. The molecular weight excluding hydrogens is 484 g/mol. The second-order valence-electron chi connectivity index (χ2n) is 8.84. The molecule has 4 rings (SSSR count). The fourth-order valence-corrected chi connectivity index (χ4v) is 4.93. The van der Waals surface area contributed by atoms with Gasteiger partial charge in [-0.3, -0.25) is 14.4 Å². The lowest BCUT2D eigenvalue weighted by molar-refractivity contribution is -0.117. The van der Waals surface area contributed by atoms with E-state index in [4.69, 9.17) is 0 Å². The third-order valence-corrected chi connectivity index (χ3v) is 7.29. The summed E-state index contributed by atoms with van der Waals surface area (Å²) in [5, 5.41) is 6.61. The molecule has 11 heteroatoms. The Hall–Kier alpha value is -3.02. The van der Waals surface area contributed by atoms with E-state index in [2.05, 4.69) is 20.6 Å². The molecule has 2 aliphatic rings. The Morgan fingerprint density at radius 2 is 2.03 bits per heavy atom. The van der Waals surface area contributed by atoms with Crippen LogP contribution in [0.1, 0.15) is 33.6 Å². The van der Waals surface area contributed by atoms with Crippen molar-refractivity contribution in [2.45, 2.75) is 19.8 Å². The number of likely N-dealkylation sites (N-methyl/N-ethyl adjacent to an activating group) is 2. The SMILES string of the molecule is Cc1cc(C(=O)N(C)CCN(C)C)ccc1N=C1NC(=O)C(=Cc2cnc(NC(=O)C3CC3)s2)S1. The zero-order chi connectivity index (χ0) is 25.1. The number of hydrogen-bond acceptors (Lipinski definition) is 8. The van der Waals surface area contributed by atoms with Gasteiger partial charge in [-0.2, -0.15) is 0 Å². The van der Waals surface area contributed by atoms with Crippen LogP contribution in [0.2, 0.25) is 0 Å².